The van der Waals surface area contributed by atoms with Crippen molar-refractivity contribution in [2.45, 2.75) is 341 Å². The number of hydrogen-bond donors (Lipinski definition) is 2. The Morgan fingerprint density at radius 1 is 0.348 bits per heavy atom. The van der Waals surface area contributed by atoms with Crippen LogP contribution in [0.3, 0.4) is 0 Å². The fourth-order valence-corrected chi connectivity index (χ4v) is 11.2. The molecule has 0 saturated carbocycles. The number of phosphoric ester groups is 1. The van der Waals surface area contributed by atoms with Crippen LogP contribution in [0.25, 0.3) is 0 Å². The van der Waals surface area contributed by atoms with E-state index < -0.39 is 26.5 Å². The number of carbonyl (C=O) groups is 2. The van der Waals surface area contributed by atoms with Crippen LogP contribution in [0.2, 0.25) is 0 Å². The van der Waals surface area contributed by atoms with Gasteiger partial charge in [0.1, 0.15) is 6.61 Å². The van der Waals surface area contributed by atoms with Crippen LogP contribution < -0.4 is 5.73 Å². The molecule has 0 heterocycles. The standard InChI is InChI=1S/C79H138NO8P/c1-3-5-7-9-11-13-15-17-19-21-23-25-27-29-31-33-35-36-37-38-39-40-42-44-46-48-50-52-54-56-58-60-62-64-66-68-70-72-79(82)88-77(76-87-89(83,84)86-74-73-80)75-85-78(81)71-69-67-65-63-61-59-57-55-53-51-49-47-45-43-41-34-32-30-28-26-24-22-20-18-16-14-12-10-8-6-4-2/h5,7,11,13,17,19,23,25,29,31,35-36,38-39,42,44,48,50,54,56,77H,3-4,6,8-10,12,14-16,18,20-22,24,26-28,30,32-34,37,40-41,43,45-47,49,51-53,55,57-76,80H2,1-2H3,(H,83,84)/b7-5-,13-11-,19-17-,25-23-,31-29-,36-35-,39-38-,44-42-,50-48-,56-54-. The predicted molar refractivity (Wildman–Crippen MR) is 385 cm³/mol. The average Bonchev–Trinajstić information content (AvgIpc) is 3.68. The summed E-state index contributed by atoms with van der Waals surface area (Å²) in [5, 5.41) is 0. The highest BCUT2D eigenvalue weighted by atomic mass is 31.2. The minimum absolute atomic E-state index is 0.0465. The predicted octanol–water partition coefficient (Wildman–Crippen LogP) is 24.6. The Labute approximate surface area is 549 Å². The second kappa shape index (κ2) is 73.5. The van der Waals surface area contributed by atoms with Crippen molar-refractivity contribution in [2.24, 2.45) is 5.73 Å². The summed E-state index contributed by atoms with van der Waals surface area (Å²) in [6.45, 7) is 3.65. The summed E-state index contributed by atoms with van der Waals surface area (Å²) >= 11 is 0. The molecule has 0 radical (unpaired) electrons. The van der Waals surface area contributed by atoms with Crippen LogP contribution in [0.4, 0.5) is 0 Å². The molecule has 0 spiro atoms. The van der Waals surface area contributed by atoms with E-state index in [0.29, 0.717) is 6.42 Å². The van der Waals surface area contributed by atoms with Crippen LogP contribution in [-0.2, 0) is 32.7 Å². The highest BCUT2D eigenvalue weighted by Crippen LogP contribution is 2.43. The number of nitrogens with two attached hydrogens (primary N) is 1. The van der Waals surface area contributed by atoms with E-state index in [1.54, 1.807) is 0 Å². The summed E-state index contributed by atoms with van der Waals surface area (Å²) in [5.41, 5.74) is 5.40. The molecule has 0 fully saturated rings. The van der Waals surface area contributed by atoms with E-state index in [1.807, 2.05) is 0 Å². The van der Waals surface area contributed by atoms with Crippen molar-refractivity contribution in [2.75, 3.05) is 26.4 Å². The van der Waals surface area contributed by atoms with Gasteiger partial charge in [-0.2, -0.15) is 0 Å². The third-order valence-corrected chi connectivity index (χ3v) is 16.8. The van der Waals surface area contributed by atoms with Crippen molar-refractivity contribution in [3.05, 3.63) is 122 Å². The molecule has 512 valence electrons. The summed E-state index contributed by atoms with van der Waals surface area (Å²) in [6.07, 6.45) is 103. The maximum absolute atomic E-state index is 12.8. The summed E-state index contributed by atoms with van der Waals surface area (Å²) in [6, 6.07) is 0. The zero-order valence-corrected chi connectivity index (χ0v) is 58.5. The van der Waals surface area contributed by atoms with Crippen LogP contribution in [0.1, 0.15) is 335 Å². The van der Waals surface area contributed by atoms with Gasteiger partial charge in [0.25, 0.3) is 0 Å². The second-order valence-electron chi connectivity index (χ2n) is 24.4. The second-order valence-corrected chi connectivity index (χ2v) is 25.9. The molecule has 0 aromatic rings. The molecule has 0 aromatic heterocycles. The van der Waals surface area contributed by atoms with E-state index >= 15 is 0 Å². The Balaban J connectivity index is 3.93. The SMILES string of the molecule is CC/C=C\C/C=C\C/C=C\C/C=C\C/C=C\C/C=C\C/C=C\C/C=C\C/C=C\C/C=C\CCCCCCCCC(=O)OC(COC(=O)CCCCCCCCCCCCCCCCCCCCCCCCCCCCCCCCC)COP(=O)(O)OCCN. The van der Waals surface area contributed by atoms with E-state index in [1.165, 1.54) is 180 Å². The number of unbranched alkanes of at least 4 members (excludes halogenated alkanes) is 36. The first kappa shape index (κ1) is 85.4. The highest BCUT2D eigenvalue weighted by molar-refractivity contribution is 7.47. The lowest BCUT2D eigenvalue weighted by Gasteiger charge is -2.19. The van der Waals surface area contributed by atoms with Gasteiger partial charge in [-0.1, -0.05) is 354 Å². The Morgan fingerprint density at radius 2 is 0.618 bits per heavy atom. The van der Waals surface area contributed by atoms with Gasteiger partial charge in [-0.05, 0) is 89.9 Å². The lowest BCUT2D eigenvalue weighted by molar-refractivity contribution is -0.161. The number of phosphoric acid groups is 1. The highest BCUT2D eigenvalue weighted by Gasteiger charge is 2.26. The van der Waals surface area contributed by atoms with Crippen LogP contribution in [-0.4, -0.2) is 49.3 Å². The molecule has 0 aliphatic carbocycles. The molecule has 2 unspecified atom stereocenters. The van der Waals surface area contributed by atoms with Crippen molar-refractivity contribution in [3.8, 4) is 0 Å². The number of hydrogen-bond acceptors (Lipinski definition) is 8. The van der Waals surface area contributed by atoms with Gasteiger partial charge >= 0.3 is 19.8 Å². The number of carbonyl (C=O) groups excluding carboxylic acids is 2. The van der Waals surface area contributed by atoms with Gasteiger partial charge in [0.15, 0.2) is 6.10 Å². The quantitative estimate of drug-likeness (QED) is 0.0264. The van der Waals surface area contributed by atoms with Crippen LogP contribution >= 0.6 is 7.82 Å². The van der Waals surface area contributed by atoms with Crippen molar-refractivity contribution < 1.29 is 37.6 Å². The minimum atomic E-state index is -4.41. The molecule has 0 saturated heterocycles. The summed E-state index contributed by atoms with van der Waals surface area (Å²) in [4.78, 5) is 35.4. The molecular weight excluding hydrogens is 1120 g/mol. The molecule has 0 aromatic carbocycles. The van der Waals surface area contributed by atoms with Gasteiger partial charge in [0, 0.05) is 19.4 Å². The minimum Gasteiger partial charge on any atom is -0.462 e. The molecule has 0 amide bonds. The molecule has 9 nitrogen and oxygen atoms in total. The van der Waals surface area contributed by atoms with Crippen LogP contribution in [0, 0.1) is 0 Å². The fraction of sp³-hybridized carbons (Fsp3) is 0.722. The Bertz CT molecular complexity index is 1880. The Kier molecular flexibility index (Phi) is 70.5. The summed E-state index contributed by atoms with van der Waals surface area (Å²) < 4.78 is 33.2. The van der Waals surface area contributed by atoms with Crippen LogP contribution in [0.5, 0.6) is 0 Å². The van der Waals surface area contributed by atoms with E-state index in [0.717, 1.165) is 122 Å². The first-order chi connectivity index (χ1) is 43.8. The van der Waals surface area contributed by atoms with Crippen molar-refractivity contribution >= 4 is 19.8 Å². The smallest absolute Gasteiger partial charge is 0.462 e. The van der Waals surface area contributed by atoms with Gasteiger partial charge in [0.05, 0.1) is 13.2 Å². The molecule has 0 aliphatic rings. The van der Waals surface area contributed by atoms with Gasteiger partial charge in [-0.15, -0.1) is 0 Å². The monoisotopic (exact) mass is 1260 g/mol. The molecule has 2 atom stereocenters. The van der Waals surface area contributed by atoms with Gasteiger partial charge in [-0.3, -0.25) is 18.6 Å². The first-order valence-electron chi connectivity index (χ1n) is 37.0. The zero-order chi connectivity index (χ0) is 64.4. The van der Waals surface area contributed by atoms with Gasteiger partial charge < -0.3 is 20.1 Å². The normalized spacial score (nSPS) is 13.6. The third-order valence-electron chi connectivity index (χ3n) is 15.9. The molecular formula is C79H138NO8P. The molecule has 0 bridgehead atoms. The molecule has 3 N–H and O–H groups in total. The number of ether oxygens (including phenoxy) is 2. The van der Waals surface area contributed by atoms with E-state index in [-0.39, 0.29) is 38.6 Å². The largest absolute Gasteiger partial charge is 0.472 e. The van der Waals surface area contributed by atoms with Crippen molar-refractivity contribution in [3.63, 3.8) is 0 Å². The Morgan fingerprint density at radius 3 is 0.921 bits per heavy atom. The zero-order valence-electron chi connectivity index (χ0n) is 57.6. The average molecular weight is 1260 g/mol. The Hall–Kier alpha value is -3.59. The van der Waals surface area contributed by atoms with Gasteiger partial charge in [-0.25, -0.2) is 4.57 Å². The summed E-state index contributed by atoms with van der Waals surface area (Å²) in [5.74, 6) is -0.838. The number of allylic oxidation sites excluding steroid dienone is 20. The molecule has 0 rings (SSSR count). The third kappa shape index (κ3) is 73.3. The van der Waals surface area contributed by atoms with E-state index in [9.17, 15) is 19.0 Å². The van der Waals surface area contributed by atoms with E-state index in [4.69, 9.17) is 24.3 Å². The molecule has 89 heavy (non-hydrogen) atoms. The fourth-order valence-electron chi connectivity index (χ4n) is 10.4. The summed E-state index contributed by atoms with van der Waals surface area (Å²) in [7, 11) is -4.41. The molecule has 0 aliphatic heterocycles. The lowest BCUT2D eigenvalue weighted by atomic mass is 10.0. The number of rotatable bonds is 69. The number of esters is 2. The van der Waals surface area contributed by atoms with Crippen molar-refractivity contribution in [1.29, 1.82) is 0 Å². The molecule has 10 heteroatoms. The van der Waals surface area contributed by atoms with Gasteiger partial charge in [0.2, 0.25) is 0 Å². The van der Waals surface area contributed by atoms with Crippen molar-refractivity contribution in [1.82, 2.24) is 0 Å². The topological polar surface area (TPSA) is 134 Å². The lowest BCUT2D eigenvalue weighted by Crippen LogP contribution is -2.29. The maximum atomic E-state index is 12.8. The maximum Gasteiger partial charge on any atom is 0.472 e. The van der Waals surface area contributed by atoms with E-state index in [2.05, 4.69) is 135 Å². The first-order valence-corrected chi connectivity index (χ1v) is 38.5. The van der Waals surface area contributed by atoms with Crippen LogP contribution in [0.15, 0.2) is 122 Å².